The number of methoxy groups -OCH3 is 1. The van der Waals surface area contributed by atoms with E-state index in [-0.39, 0.29) is 6.61 Å². The van der Waals surface area contributed by atoms with E-state index in [0.29, 0.717) is 22.1 Å². The molecule has 0 N–H and O–H groups in total. The molecule has 2 aromatic rings. The number of ether oxygens (including phenoxy) is 3. The fourth-order valence-electron chi connectivity index (χ4n) is 1.61. The SMILES string of the molecule is COC(=O)c1ccc(OC(=O)COc2ccc(Cl)cc2)cc1. The van der Waals surface area contributed by atoms with Crippen molar-refractivity contribution in [3.05, 3.63) is 59.1 Å². The van der Waals surface area contributed by atoms with Crippen LogP contribution in [0, 0.1) is 0 Å². The molecule has 5 nitrogen and oxygen atoms in total. The summed E-state index contributed by atoms with van der Waals surface area (Å²) in [4.78, 5) is 22.9. The molecule has 0 aromatic heterocycles. The largest absolute Gasteiger partial charge is 0.482 e. The quantitative estimate of drug-likeness (QED) is 0.625. The van der Waals surface area contributed by atoms with E-state index in [4.69, 9.17) is 21.1 Å². The van der Waals surface area contributed by atoms with Gasteiger partial charge in [-0.2, -0.15) is 0 Å². The van der Waals surface area contributed by atoms with Crippen LogP contribution in [0.25, 0.3) is 0 Å². The molecule has 0 radical (unpaired) electrons. The number of carbonyl (C=O) groups excluding carboxylic acids is 2. The molecule has 2 rings (SSSR count). The van der Waals surface area contributed by atoms with Crippen LogP contribution >= 0.6 is 11.6 Å². The van der Waals surface area contributed by atoms with Crippen LogP contribution in [0.15, 0.2) is 48.5 Å². The van der Waals surface area contributed by atoms with Crippen LogP contribution in [0.2, 0.25) is 5.02 Å². The van der Waals surface area contributed by atoms with E-state index >= 15 is 0 Å². The van der Waals surface area contributed by atoms with E-state index in [9.17, 15) is 9.59 Å². The summed E-state index contributed by atoms with van der Waals surface area (Å²) in [6.07, 6.45) is 0. The highest BCUT2D eigenvalue weighted by Crippen LogP contribution is 2.16. The van der Waals surface area contributed by atoms with Crippen molar-refractivity contribution in [3.63, 3.8) is 0 Å². The minimum absolute atomic E-state index is 0.236. The van der Waals surface area contributed by atoms with Crippen LogP contribution in [0.3, 0.4) is 0 Å². The van der Waals surface area contributed by atoms with Gasteiger partial charge in [-0.3, -0.25) is 0 Å². The zero-order valence-corrected chi connectivity index (χ0v) is 12.5. The predicted molar refractivity (Wildman–Crippen MR) is 80.4 cm³/mol. The monoisotopic (exact) mass is 320 g/mol. The Labute approximate surface area is 132 Å². The summed E-state index contributed by atoms with van der Waals surface area (Å²) in [6, 6.07) is 12.7. The Morgan fingerprint density at radius 2 is 1.55 bits per heavy atom. The van der Waals surface area contributed by atoms with Gasteiger partial charge in [0.15, 0.2) is 6.61 Å². The fourth-order valence-corrected chi connectivity index (χ4v) is 1.74. The molecule has 6 heteroatoms. The summed E-state index contributed by atoms with van der Waals surface area (Å²) in [6.45, 7) is -0.236. The first-order valence-electron chi connectivity index (χ1n) is 6.36. The number of benzene rings is 2. The number of halogens is 1. The second kappa shape index (κ2) is 7.47. The smallest absolute Gasteiger partial charge is 0.349 e. The van der Waals surface area contributed by atoms with Crippen molar-refractivity contribution in [2.45, 2.75) is 0 Å². The zero-order valence-electron chi connectivity index (χ0n) is 11.7. The molecule has 0 bridgehead atoms. The molecule has 0 heterocycles. The molecule has 0 atom stereocenters. The predicted octanol–water partition coefficient (Wildman–Crippen LogP) is 3.11. The molecule has 114 valence electrons. The minimum Gasteiger partial charge on any atom is -0.482 e. The van der Waals surface area contributed by atoms with Crippen LogP contribution in [0.1, 0.15) is 10.4 Å². The Bertz CT molecular complexity index is 649. The van der Waals surface area contributed by atoms with Crippen molar-refractivity contribution >= 4 is 23.5 Å². The summed E-state index contributed by atoms with van der Waals surface area (Å²) in [5.74, 6) is -0.176. The molecule has 0 fully saturated rings. The molecule has 22 heavy (non-hydrogen) atoms. The topological polar surface area (TPSA) is 61.8 Å². The summed E-state index contributed by atoms with van der Waals surface area (Å²) in [5, 5.41) is 0.584. The lowest BCUT2D eigenvalue weighted by Gasteiger charge is -2.07. The maximum atomic E-state index is 11.7. The molecule has 0 saturated carbocycles. The van der Waals surface area contributed by atoms with Crippen LogP contribution in [-0.2, 0) is 9.53 Å². The van der Waals surface area contributed by atoms with Crippen LogP contribution < -0.4 is 9.47 Å². The maximum absolute atomic E-state index is 11.7. The lowest BCUT2D eigenvalue weighted by atomic mass is 10.2. The van der Waals surface area contributed by atoms with Crippen molar-refractivity contribution in [1.82, 2.24) is 0 Å². The first kappa shape index (κ1) is 15.9. The Morgan fingerprint density at radius 3 is 2.14 bits per heavy atom. The standard InChI is InChI=1S/C16H13ClO5/c1-20-16(19)11-2-6-14(7-3-11)22-15(18)10-21-13-8-4-12(17)5-9-13/h2-9H,10H2,1H3. The van der Waals surface area contributed by atoms with Crippen molar-refractivity contribution in [2.24, 2.45) is 0 Å². The first-order chi connectivity index (χ1) is 10.6. The average molecular weight is 321 g/mol. The van der Waals surface area contributed by atoms with E-state index in [1.54, 1.807) is 24.3 Å². The molecule has 0 aliphatic carbocycles. The van der Waals surface area contributed by atoms with Gasteiger partial charge < -0.3 is 14.2 Å². The zero-order chi connectivity index (χ0) is 15.9. The minimum atomic E-state index is -0.555. The lowest BCUT2D eigenvalue weighted by Crippen LogP contribution is -2.17. The molecule has 2 aromatic carbocycles. The summed E-state index contributed by atoms with van der Waals surface area (Å²) >= 11 is 5.75. The Hall–Kier alpha value is -2.53. The van der Waals surface area contributed by atoms with Gasteiger partial charge in [-0.15, -0.1) is 0 Å². The molecule has 0 unspecified atom stereocenters. The van der Waals surface area contributed by atoms with Gasteiger partial charge in [0.25, 0.3) is 0 Å². The highest BCUT2D eigenvalue weighted by atomic mass is 35.5. The highest BCUT2D eigenvalue weighted by molar-refractivity contribution is 6.30. The number of carbonyl (C=O) groups is 2. The highest BCUT2D eigenvalue weighted by Gasteiger charge is 2.08. The van der Waals surface area contributed by atoms with Crippen molar-refractivity contribution in [3.8, 4) is 11.5 Å². The molecular formula is C16H13ClO5. The molecular weight excluding hydrogens is 308 g/mol. The molecule has 0 aliphatic rings. The Kier molecular flexibility index (Phi) is 5.38. The van der Waals surface area contributed by atoms with E-state index in [0.717, 1.165) is 0 Å². The van der Waals surface area contributed by atoms with Crippen molar-refractivity contribution in [1.29, 1.82) is 0 Å². The second-order valence-corrected chi connectivity index (χ2v) is 4.67. The number of esters is 2. The number of hydrogen-bond acceptors (Lipinski definition) is 5. The average Bonchev–Trinajstić information content (AvgIpc) is 2.54. The van der Waals surface area contributed by atoms with Gasteiger partial charge in [-0.25, -0.2) is 9.59 Å². The lowest BCUT2D eigenvalue weighted by molar-refractivity contribution is -0.136. The normalized spacial score (nSPS) is 9.91. The van der Waals surface area contributed by atoms with Gasteiger partial charge >= 0.3 is 11.9 Å². The maximum Gasteiger partial charge on any atom is 0.349 e. The van der Waals surface area contributed by atoms with Crippen LogP contribution in [-0.4, -0.2) is 25.7 Å². The summed E-state index contributed by atoms with van der Waals surface area (Å²) < 4.78 is 14.9. The van der Waals surface area contributed by atoms with Gasteiger partial charge in [0, 0.05) is 5.02 Å². The summed E-state index contributed by atoms with van der Waals surface area (Å²) in [5.41, 5.74) is 0.375. The van der Waals surface area contributed by atoms with Gasteiger partial charge in [0.2, 0.25) is 0 Å². The van der Waals surface area contributed by atoms with Crippen LogP contribution in [0.4, 0.5) is 0 Å². The van der Waals surface area contributed by atoms with Crippen molar-refractivity contribution < 1.29 is 23.8 Å². The number of hydrogen-bond donors (Lipinski definition) is 0. The molecule has 0 aliphatic heterocycles. The van der Waals surface area contributed by atoms with Gasteiger partial charge in [-0.1, -0.05) is 11.6 Å². The Morgan fingerprint density at radius 1 is 0.955 bits per heavy atom. The second-order valence-electron chi connectivity index (χ2n) is 4.23. The molecule has 0 saturated heterocycles. The third kappa shape index (κ3) is 4.49. The van der Waals surface area contributed by atoms with Gasteiger partial charge in [0.05, 0.1) is 12.7 Å². The van der Waals surface area contributed by atoms with Crippen molar-refractivity contribution in [2.75, 3.05) is 13.7 Å². The third-order valence-corrected chi connectivity index (χ3v) is 2.93. The van der Waals surface area contributed by atoms with E-state index in [1.165, 1.54) is 31.4 Å². The molecule has 0 spiro atoms. The van der Waals surface area contributed by atoms with Gasteiger partial charge in [-0.05, 0) is 48.5 Å². The van der Waals surface area contributed by atoms with E-state index < -0.39 is 11.9 Å². The Balaban J connectivity index is 1.86. The van der Waals surface area contributed by atoms with E-state index in [2.05, 4.69) is 4.74 Å². The van der Waals surface area contributed by atoms with E-state index in [1.807, 2.05) is 0 Å². The first-order valence-corrected chi connectivity index (χ1v) is 6.73. The number of rotatable bonds is 5. The summed E-state index contributed by atoms with van der Waals surface area (Å²) in [7, 11) is 1.30. The van der Waals surface area contributed by atoms with Gasteiger partial charge in [0.1, 0.15) is 11.5 Å². The molecule has 0 amide bonds. The van der Waals surface area contributed by atoms with Crippen LogP contribution in [0.5, 0.6) is 11.5 Å². The third-order valence-electron chi connectivity index (χ3n) is 2.68. The fraction of sp³-hybridized carbons (Fsp3) is 0.125.